The summed E-state index contributed by atoms with van der Waals surface area (Å²) in [5.41, 5.74) is 0.509. The predicted octanol–water partition coefficient (Wildman–Crippen LogP) is 5.02. The summed E-state index contributed by atoms with van der Waals surface area (Å²) >= 11 is 8.39. The molecule has 0 aliphatic carbocycles. The van der Waals surface area contributed by atoms with Crippen LogP contribution in [0.15, 0.2) is 38.6 Å². The Bertz CT molecular complexity index is 498. The number of hydrogen-bond acceptors (Lipinski definition) is 2. The third-order valence-electron chi connectivity index (χ3n) is 2.06. The second-order valence-electron chi connectivity index (χ2n) is 3.17. The fraction of sp³-hybridized carbons (Fsp3) is 0.0909. The first-order valence-corrected chi connectivity index (χ1v) is 7.04. The van der Waals surface area contributed by atoms with E-state index in [-0.39, 0.29) is 5.82 Å². The van der Waals surface area contributed by atoms with Gasteiger partial charge in [-0.1, -0.05) is 15.9 Å². The van der Waals surface area contributed by atoms with Gasteiger partial charge in [-0.05, 0) is 45.6 Å². The van der Waals surface area contributed by atoms with Gasteiger partial charge in [0.1, 0.15) is 5.82 Å². The van der Waals surface area contributed by atoms with Crippen LogP contribution in [0, 0.1) is 5.82 Å². The normalized spacial score (nSPS) is 10.4. The SMILES string of the molecule is Fc1ccc(Br)cc1NCc1sccc1Br. The van der Waals surface area contributed by atoms with Crippen LogP contribution in [0.3, 0.4) is 0 Å². The molecule has 0 atom stereocenters. The maximum absolute atomic E-state index is 13.4. The van der Waals surface area contributed by atoms with Gasteiger partial charge in [0.2, 0.25) is 0 Å². The average molecular weight is 365 g/mol. The third kappa shape index (κ3) is 2.84. The summed E-state index contributed by atoms with van der Waals surface area (Å²) in [6, 6.07) is 6.84. The minimum atomic E-state index is -0.240. The van der Waals surface area contributed by atoms with Crippen molar-refractivity contribution in [3.05, 3.63) is 49.3 Å². The van der Waals surface area contributed by atoms with Crippen molar-refractivity contribution >= 4 is 48.9 Å². The second kappa shape index (κ2) is 5.29. The first-order valence-electron chi connectivity index (χ1n) is 4.57. The molecule has 0 spiro atoms. The van der Waals surface area contributed by atoms with Crippen molar-refractivity contribution in [2.75, 3.05) is 5.32 Å². The zero-order valence-corrected chi connectivity index (χ0v) is 12.1. The van der Waals surface area contributed by atoms with Gasteiger partial charge >= 0.3 is 0 Å². The molecule has 0 radical (unpaired) electrons. The van der Waals surface area contributed by atoms with Crippen LogP contribution in [-0.4, -0.2) is 0 Å². The van der Waals surface area contributed by atoms with E-state index >= 15 is 0 Å². The molecule has 0 amide bonds. The van der Waals surface area contributed by atoms with Crippen LogP contribution in [0.5, 0.6) is 0 Å². The Morgan fingerprint density at radius 2 is 2.06 bits per heavy atom. The summed E-state index contributed by atoms with van der Waals surface area (Å²) in [6.45, 7) is 0.617. The molecular weight excluding hydrogens is 357 g/mol. The summed E-state index contributed by atoms with van der Waals surface area (Å²) in [4.78, 5) is 1.15. The molecule has 0 aliphatic rings. The fourth-order valence-electron chi connectivity index (χ4n) is 1.26. The van der Waals surface area contributed by atoms with Crippen molar-refractivity contribution in [3.8, 4) is 0 Å². The molecule has 1 N–H and O–H groups in total. The molecule has 0 saturated carbocycles. The summed E-state index contributed by atoms with van der Waals surface area (Å²) in [7, 11) is 0. The van der Waals surface area contributed by atoms with Gasteiger partial charge < -0.3 is 5.32 Å². The quantitative estimate of drug-likeness (QED) is 0.805. The lowest BCUT2D eigenvalue weighted by Crippen LogP contribution is -2.00. The van der Waals surface area contributed by atoms with E-state index < -0.39 is 0 Å². The lowest BCUT2D eigenvalue weighted by molar-refractivity contribution is 0.630. The standard InChI is InChI=1S/C11H8Br2FNS/c12-7-1-2-9(14)10(5-7)15-6-11-8(13)3-4-16-11/h1-5,15H,6H2. The molecule has 2 rings (SSSR count). The summed E-state index contributed by atoms with van der Waals surface area (Å²) in [6.07, 6.45) is 0. The number of rotatable bonds is 3. The van der Waals surface area contributed by atoms with E-state index in [1.165, 1.54) is 6.07 Å². The predicted molar refractivity (Wildman–Crippen MR) is 73.4 cm³/mol. The van der Waals surface area contributed by atoms with Crippen LogP contribution in [0.1, 0.15) is 4.88 Å². The third-order valence-corrected chi connectivity index (χ3v) is 4.48. The van der Waals surface area contributed by atoms with E-state index in [1.54, 1.807) is 23.5 Å². The number of anilines is 1. The highest BCUT2D eigenvalue weighted by atomic mass is 79.9. The first-order chi connectivity index (χ1) is 7.66. The van der Waals surface area contributed by atoms with Gasteiger partial charge in [0.05, 0.1) is 12.2 Å². The molecule has 0 fully saturated rings. The highest BCUT2D eigenvalue weighted by Crippen LogP contribution is 2.25. The molecule has 1 aromatic heterocycles. The van der Waals surface area contributed by atoms with Crippen LogP contribution in [0.4, 0.5) is 10.1 Å². The van der Waals surface area contributed by atoms with Crippen molar-refractivity contribution in [2.24, 2.45) is 0 Å². The Balaban J connectivity index is 2.10. The van der Waals surface area contributed by atoms with E-state index in [1.807, 2.05) is 11.4 Å². The minimum Gasteiger partial charge on any atom is -0.378 e. The molecule has 16 heavy (non-hydrogen) atoms. The van der Waals surface area contributed by atoms with E-state index in [0.717, 1.165) is 13.8 Å². The molecule has 0 saturated heterocycles. The fourth-order valence-corrected chi connectivity index (χ4v) is 3.05. The Labute approximate surface area is 114 Å². The molecular formula is C11H8Br2FNS. The van der Waals surface area contributed by atoms with Gasteiger partial charge in [0, 0.05) is 13.8 Å². The minimum absolute atomic E-state index is 0.240. The van der Waals surface area contributed by atoms with Crippen LogP contribution in [-0.2, 0) is 6.54 Å². The monoisotopic (exact) mass is 363 g/mol. The number of benzene rings is 1. The maximum atomic E-state index is 13.4. The molecule has 2 aromatic rings. The Morgan fingerprint density at radius 1 is 1.25 bits per heavy atom. The highest BCUT2D eigenvalue weighted by Gasteiger charge is 2.04. The Morgan fingerprint density at radius 3 is 2.75 bits per heavy atom. The van der Waals surface area contributed by atoms with Crippen LogP contribution < -0.4 is 5.32 Å². The van der Waals surface area contributed by atoms with E-state index in [2.05, 4.69) is 37.2 Å². The van der Waals surface area contributed by atoms with E-state index in [9.17, 15) is 4.39 Å². The molecule has 0 bridgehead atoms. The molecule has 1 nitrogen and oxygen atoms in total. The summed E-state index contributed by atoms with van der Waals surface area (Å²) in [5, 5.41) is 5.07. The molecule has 5 heteroatoms. The lowest BCUT2D eigenvalue weighted by Gasteiger charge is -2.07. The van der Waals surface area contributed by atoms with Gasteiger partial charge in [0.15, 0.2) is 0 Å². The van der Waals surface area contributed by atoms with Crippen LogP contribution >= 0.6 is 43.2 Å². The van der Waals surface area contributed by atoms with E-state index in [4.69, 9.17) is 0 Å². The maximum Gasteiger partial charge on any atom is 0.146 e. The van der Waals surface area contributed by atoms with Crippen LogP contribution in [0.25, 0.3) is 0 Å². The average Bonchev–Trinajstić information content (AvgIpc) is 2.66. The van der Waals surface area contributed by atoms with E-state index in [0.29, 0.717) is 12.2 Å². The van der Waals surface area contributed by atoms with Crippen molar-refractivity contribution in [1.29, 1.82) is 0 Å². The topological polar surface area (TPSA) is 12.0 Å². The Kier molecular flexibility index (Phi) is 4.00. The molecule has 84 valence electrons. The first kappa shape index (κ1) is 12.1. The van der Waals surface area contributed by atoms with Gasteiger partial charge in [-0.25, -0.2) is 4.39 Å². The number of nitrogens with one attached hydrogen (secondary N) is 1. The Hall–Kier alpha value is -0.390. The number of thiophene rings is 1. The van der Waals surface area contributed by atoms with Crippen molar-refractivity contribution < 1.29 is 4.39 Å². The summed E-state index contributed by atoms with van der Waals surface area (Å²) in [5.74, 6) is -0.240. The number of halogens is 3. The smallest absolute Gasteiger partial charge is 0.146 e. The molecule has 0 unspecified atom stereocenters. The van der Waals surface area contributed by atoms with Gasteiger partial charge in [-0.3, -0.25) is 0 Å². The van der Waals surface area contributed by atoms with Crippen molar-refractivity contribution in [3.63, 3.8) is 0 Å². The van der Waals surface area contributed by atoms with Gasteiger partial charge in [-0.15, -0.1) is 11.3 Å². The molecule has 0 aliphatic heterocycles. The summed E-state index contributed by atoms with van der Waals surface area (Å²) < 4.78 is 15.3. The van der Waals surface area contributed by atoms with Gasteiger partial charge in [-0.2, -0.15) is 0 Å². The largest absolute Gasteiger partial charge is 0.378 e. The molecule has 1 aromatic carbocycles. The highest BCUT2D eigenvalue weighted by molar-refractivity contribution is 9.10. The number of hydrogen-bond donors (Lipinski definition) is 1. The zero-order valence-electron chi connectivity index (χ0n) is 8.14. The zero-order chi connectivity index (χ0) is 11.5. The van der Waals surface area contributed by atoms with Crippen molar-refractivity contribution in [1.82, 2.24) is 0 Å². The van der Waals surface area contributed by atoms with Gasteiger partial charge in [0.25, 0.3) is 0 Å². The van der Waals surface area contributed by atoms with Crippen LogP contribution in [0.2, 0.25) is 0 Å². The lowest BCUT2D eigenvalue weighted by atomic mass is 10.3. The molecule has 1 heterocycles. The second-order valence-corrected chi connectivity index (χ2v) is 5.94. The van der Waals surface area contributed by atoms with Crippen molar-refractivity contribution in [2.45, 2.75) is 6.54 Å².